The van der Waals surface area contributed by atoms with E-state index in [1.165, 1.54) is 6.07 Å². The number of rotatable bonds is 2. The number of hydrogen-bond acceptors (Lipinski definition) is 2. The van der Waals surface area contributed by atoms with E-state index in [4.69, 9.17) is 17.3 Å². The van der Waals surface area contributed by atoms with Gasteiger partial charge < -0.3 is 10.3 Å². The number of nitrogen functional groups attached to an aromatic ring is 1. The Morgan fingerprint density at radius 2 is 2.00 bits per heavy atom. The van der Waals surface area contributed by atoms with Crippen molar-refractivity contribution < 1.29 is 4.39 Å². The van der Waals surface area contributed by atoms with Crippen LogP contribution in [0.15, 0.2) is 36.4 Å². The zero-order valence-electron chi connectivity index (χ0n) is 11.2. The van der Waals surface area contributed by atoms with E-state index < -0.39 is 0 Å². The highest BCUT2D eigenvalue weighted by Gasteiger charge is 2.29. The molecule has 21 heavy (non-hydrogen) atoms. The summed E-state index contributed by atoms with van der Waals surface area (Å²) < 4.78 is 16.3. The van der Waals surface area contributed by atoms with Gasteiger partial charge in [-0.2, -0.15) is 0 Å². The smallest absolute Gasteiger partial charge is 0.144 e. The summed E-state index contributed by atoms with van der Waals surface area (Å²) in [5, 5.41) is 0.656. The fourth-order valence-electron chi connectivity index (χ4n) is 2.67. The molecule has 0 amide bonds. The lowest BCUT2D eigenvalue weighted by Gasteiger charge is -2.09. The molecule has 0 saturated heterocycles. The number of nitrogens with two attached hydrogens (primary N) is 1. The van der Waals surface area contributed by atoms with Crippen LogP contribution < -0.4 is 5.73 Å². The maximum absolute atomic E-state index is 14.2. The monoisotopic (exact) mass is 301 g/mol. The largest absolute Gasteiger partial charge is 0.399 e. The molecule has 2 aromatic carbocycles. The zero-order chi connectivity index (χ0) is 14.6. The number of nitrogens with zero attached hydrogens (tertiary/aromatic N) is 2. The lowest BCUT2D eigenvalue weighted by Crippen LogP contribution is -2.00. The number of benzene rings is 2. The number of aromatic nitrogens is 2. The minimum Gasteiger partial charge on any atom is -0.399 e. The first-order valence-electron chi connectivity index (χ1n) is 6.86. The minimum absolute atomic E-state index is 0.312. The summed E-state index contributed by atoms with van der Waals surface area (Å²) in [6, 6.07) is 10.5. The van der Waals surface area contributed by atoms with Crippen LogP contribution >= 0.6 is 11.6 Å². The van der Waals surface area contributed by atoms with Crippen molar-refractivity contribution in [3.05, 3.63) is 47.2 Å². The minimum atomic E-state index is -0.312. The van der Waals surface area contributed by atoms with E-state index in [-0.39, 0.29) is 5.82 Å². The Bertz CT molecular complexity index is 852. The average Bonchev–Trinajstić information content (AvgIpc) is 3.22. The Balaban J connectivity index is 2.04. The molecule has 1 aliphatic carbocycles. The van der Waals surface area contributed by atoms with Crippen molar-refractivity contribution in [2.45, 2.75) is 18.9 Å². The molecule has 3 aromatic rings. The van der Waals surface area contributed by atoms with Gasteiger partial charge in [-0.15, -0.1) is 0 Å². The van der Waals surface area contributed by atoms with Crippen LogP contribution in [0.25, 0.3) is 22.4 Å². The summed E-state index contributed by atoms with van der Waals surface area (Å²) in [7, 11) is 0. The van der Waals surface area contributed by atoms with Crippen molar-refractivity contribution in [1.29, 1.82) is 0 Å². The van der Waals surface area contributed by atoms with Crippen LogP contribution in [-0.4, -0.2) is 9.55 Å². The van der Waals surface area contributed by atoms with Gasteiger partial charge in [0.1, 0.15) is 11.6 Å². The molecule has 1 saturated carbocycles. The molecule has 1 aromatic heterocycles. The molecule has 0 bridgehead atoms. The van der Waals surface area contributed by atoms with Gasteiger partial charge >= 0.3 is 0 Å². The van der Waals surface area contributed by atoms with Gasteiger partial charge in [0, 0.05) is 16.8 Å². The number of fused-ring (bicyclic) bond motifs is 1. The SMILES string of the molecule is Nc1ccc(F)c(-c2nc3ccc(Cl)cc3n2C2CC2)c1. The van der Waals surface area contributed by atoms with E-state index in [9.17, 15) is 4.39 Å². The van der Waals surface area contributed by atoms with Crippen LogP contribution in [0.4, 0.5) is 10.1 Å². The van der Waals surface area contributed by atoms with Crippen molar-refractivity contribution in [2.75, 3.05) is 5.73 Å². The molecule has 0 atom stereocenters. The van der Waals surface area contributed by atoms with Crippen molar-refractivity contribution in [2.24, 2.45) is 0 Å². The summed E-state index contributed by atoms with van der Waals surface area (Å²) in [6.07, 6.45) is 2.16. The van der Waals surface area contributed by atoms with E-state index in [0.29, 0.717) is 28.1 Å². The van der Waals surface area contributed by atoms with Gasteiger partial charge in [0.2, 0.25) is 0 Å². The Labute approximate surface area is 126 Å². The first kappa shape index (κ1) is 12.7. The lowest BCUT2D eigenvalue weighted by atomic mass is 10.1. The summed E-state index contributed by atoms with van der Waals surface area (Å²) >= 11 is 6.09. The lowest BCUT2D eigenvalue weighted by molar-refractivity contribution is 0.627. The van der Waals surface area contributed by atoms with Gasteiger partial charge in [0.15, 0.2) is 0 Å². The fourth-order valence-corrected chi connectivity index (χ4v) is 2.84. The quantitative estimate of drug-likeness (QED) is 0.712. The molecule has 1 fully saturated rings. The van der Waals surface area contributed by atoms with Crippen LogP contribution in [0.2, 0.25) is 5.02 Å². The van der Waals surface area contributed by atoms with E-state index >= 15 is 0 Å². The van der Waals surface area contributed by atoms with E-state index in [2.05, 4.69) is 9.55 Å². The normalized spacial score (nSPS) is 14.8. The number of hydrogen-bond donors (Lipinski definition) is 1. The van der Waals surface area contributed by atoms with Crippen LogP contribution in [-0.2, 0) is 0 Å². The summed E-state index contributed by atoms with van der Waals surface area (Å²) in [4.78, 5) is 4.60. The third kappa shape index (κ3) is 2.07. The van der Waals surface area contributed by atoms with Gasteiger partial charge in [-0.1, -0.05) is 11.6 Å². The maximum Gasteiger partial charge on any atom is 0.144 e. The first-order chi connectivity index (χ1) is 10.1. The molecule has 106 valence electrons. The Hall–Kier alpha value is -2.07. The Morgan fingerprint density at radius 3 is 2.76 bits per heavy atom. The highest BCUT2D eigenvalue weighted by Crippen LogP contribution is 2.42. The second-order valence-corrected chi connectivity index (χ2v) is 5.85. The van der Waals surface area contributed by atoms with Crippen molar-refractivity contribution in [1.82, 2.24) is 9.55 Å². The molecule has 4 rings (SSSR count). The van der Waals surface area contributed by atoms with Crippen molar-refractivity contribution in [3.63, 3.8) is 0 Å². The maximum atomic E-state index is 14.2. The molecule has 2 N–H and O–H groups in total. The Kier molecular flexibility index (Phi) is 2.69. The van der Waals surface area contributed by atoms with Crippen molar-refractivity contribution >= 4 is 28.3 Å². The second-order valence-electron chi connectivity index (χ2n) is 5.41. The molecule has 0 spiro atoms. The third-order valence-corrected chi connectivity index (χ3v) is 4.03. The molecule has 1 aliphatic rings. The number of imidazole rings is 1. The second kappa shape index (κ2) is 4.46. The summed E-state index contributed by atoms with van der Waals surface area (Å²) in [6.45, 7) is 0. The highest BCUT2D eigenvalue weighted by molar-refractivity contribution is 6.31. The van der Waals surface area contributed by atoms with Gasteiger partial charge in [0.05, 0.1) is 16.6 Å². The van der Waals surface area contributed by atoms with Crippen molar-refractivity contribution in [3.8, 4) is 11.4 Å². The molecular formula is C16H13ClFN3. The standard InChI is InChI=1S/C16H13ClFN3/c17-9-1-6-14-15(7-9)21(11-3-4-11)16(20-14)12-8-10(19)2-5-13(12)18/h1-2,5-8,11H,3-4,19H2. The molecule has 3 nitrogen and oxygen atoms in total. The molecule has 0 unspecified atom stereocenters. The summed E-state index contributed by atoms with van der Waals surface area (Å²) in [5.41, 5.74) is 8.53. The summed E-state index contributed by atoms with van der Waals surface area (Å²) in [5.74, 6) is 0.312. The van der Waals surface area contributed by atoms with Crippen LogP contribution in [0.5, 0.6) is 0 Å². The predicted octanol–water partition coefficient (Wildman–Crippen LogP) is 4.41. The van der Waals surface area contributed by atoms with Gasteiger partial charge in [-0.05, 0) is 49.2 Å². The van der Waals surface area contributed by atoms with Crippen LogP contribution in [0.3, 0.4) is 0 Å². The number of anilines is 1. The van der Waals surface area contributed by atoms with Crippen LogP contribution in [0, 0.1) is 5.82 Å². The topological polar surface area (TPSA) is 43.8 Å². The van der Waals surface area contributed by atoms with Crippen LogP contribution in [0.1, 0.15) is 18.9 Å². The number of halogens is 2. The highest BCUT2D eigenvalue weighted by atomic mass is 35.5. The third-order valence-electron chi connectivity index (χ3n) is 3.79. The van der Waals surface area contributed by atoms with Gasteiger partial charge in [0.25, 0.3) is 0 Å². The van der Waals surface area contributed by atoms with E-state index in [1.807, 2.05) is 12.1 Å². The first-order valence-corrected chi connectivity index (χ1v) is 7.24. The van der Waals surface area contributed by atoms with Gasteiger partial charge in [-0.25, -0.2) is 9.37 Å². The molecule has 0 radical (unpaired) electrons. The fraction of sp³-hybridized carbons (Fsp3) is 0.188. The van der Waals surface area contributed by atoms with E-state index in [1.54, 1.807) is 18.2 Å². The molecule has 0 aliphatic heterocycles. The van der Waals surface area contributed by atoms with E-state index in [0.717, 1.165) is 23.9 Å². The molecule has 1 heterocycles. The van der Waals surface area contributed by atoms with Gasteiger partial charge in [-0.3, -0.25) is 0 Å². The molecular weight excluding hydrogens is 289 g/mol. The Morgan fingerprint density at radius 1 is 1.19 bits per heavy atom. The predicted molar refractivity (Wildman–Crippen MR) is 82.8 cm³/mol. The average molecular weight is 302 g/mol. The zero-order valence-corrected chi connectivity index (χ0v) is 11.9. The molecule has 5 heteroatoms.